The fourth-order valence-corrected chi connectivity index (χ4v) is 4.79. The Balaban J connectivity index is 0.00000306. The average Bonchev–Trinajstić information content (AvgIpc) is 3.32. The summed E-state index contributed by atoms with van der Waals surface area (Å²) in [6, 6.07) is 19.6. The van der Waals surface area contributed by atoms with E-state index in [1.807, 2.05) is 14.0 Å². The molecular weight excluding hydrogens is 527 g/mol. The van der Waals surface area contributed by atoms with Crippen molar-refractivity contribution in [2.45, 2.75) is 37.6 Å². The second-order valence-corrected chi connectivity index (χ2v) is 8.69. The minimum Gasteiger partial charge on any atom is -0.494 e. The summed E-state index contributed by atoms with van der Waals surface area (Å²) in [5.41, 5.74) is 2.66. The van der Waals surface area contributed by atoms with Crippen molar-refractivity contribution in [1.29, 1.82) is 0 Å². The molecule has 2 fully saturated rings. The molecule has 1 unspecified atom stereocenters. The molecule has 2 aliphatic heterocycles. The maximum Gasteiger partial charge on any atom is 0.191 e. The highest BCUT2D eigenvalue weighted by Crippen LogP contribution is 2.35. The Morgan fingerprint density at radius 3 is 2.52 bits per heavy atom. The van der Waals surface area contributed by atoms with Gasteiger partial charge in [-0.2, -0.15) is 0 Å². The van der Waals surface area contributed by atoms with Gasteiger partial charge in [0.2, 0.25) is 0 Å². The monoisotopic (exact) mass is 564 g/mol. The van der Waals surface area contributed by atoms with E-state index in [0.29, 0.717) is 12.6 Å². The minimum absolute atomic E-state index is 0. The van der Waals surface area contributed by atoms with Crippen molar-refractivity contribution in [3.8, 4) is 5.75 Å². The summed E-state index contributed by atoms with van der Waals surface area (Å²) < 4.78 is 11.3. The summed E-state index contributed by atoms with van der Waals surface area (Å²) in [5.74, 6) is 1.80. The third-order valence-corrected chi connectivity index (χ3v) is 6.70. The van der Waals surface area contributed by atoms with E-state index in [-0.39, 0.29) is 29.4 Å². The molecule has 0 bridgehead atoms. The Morgan fingerprint density at radius 2 is 1.85 bits per heavy atom. The number of hydrogen-bond acceptors (Lipinski definition) is 4. The van der Waals surface area contributed by atoms with Gasteiger partial charge in [-0.25, -0.2) is 0 Å². The van der Waals surface area contributed by atoms with E-state index in [0.717, 1.165) is 63.8 Å². The number of benzene rings is 2. The van der Waals surface area contributed by atoms with Crippen molar-refractivity contribution >= 4 is 35.6 Å². The molecule has 0 amide bonds. The van der Waals surface area contributed by atoms with Gasteiger partial charge in [0.15, 0.2) is 5.96 Å². The van der Waals surface area contributed by atoms with Crippen molar-refractivity contribution in [3.63, 3.8) is 0 Å². The summed E-state index contributed by atoms with van der Waals surface area (Å²) in [7, 11) is 1.85. The van der Waals surface area contributed by atoms with Crippen molar-refractivity contribution in [1.82, 2.24) is 10.6 Å². The lowest BCUT2D eigenvalue weighted by Crippen LogP contribution is -2.50. The molecule has 180 valence electrons. The molecule has 0 saturated carbocycles. The Labute approximate surface area is 215 Å². The lowest BCUT2D eigenvalue weighted by molar-refractivity contribution is 0.0513. The van der Waals surface area contributed by atoms with E-state index < -0.39 is 0 Å². The van der Waals surface area contributed by atoms with Crippen LogP contribution >= 0.6 is 24.0 Å². The Bertz CT molecular complexity index is 870. The predicted molar refractivity (Wildman–Crippen MR) is 146 cm³/mol. The van der Waals surface area contributed by atoms with Crippen LogP contribution in [0.4, 0.5) is 5.69 Å². The number of anilines is 1. The molecule has 2 saturated heterocycles. The van der Waals surface area contributed by atoms with Crippen LogP contribution < -0.4 is 20.3 Å². The standard InChI is InChI=1S/C26H36N4O2.HI/c1-3-32-24-11-9-21(10-12-24)26(14-17-31-18-15-26)20-28-25(27-2)29-22-13-16-30(19-22)23-7-5-4-6-8-23;/h4-12,22H,3,13-20H2,1-2H3,(H2,27,28,29);1H. The lowest BCUT2D eigenvalue weighted by atomic mass is 9.74. The molecule has 0 spiro atoms. The number of halogens is 1. The largest absolute Gasteiger partial charge is 0.494 e. The van der Waals surface area contributed by atoms with Crippen LogP contribution in [0, 0.1) is 0 Å². The van der Waals surface area contributed by atoms with E-state index in [1.54, 1.807) is 0 Å². The molecule has 2 aliphatic rings. The predicted octanol–water partition coefficient (Wildman–Crippen LogP) is 4.20. The van der Waals surface area contributed by atoms with Crippen LogP contribution in [0.2, 0.25) is 0 Å². The number of guanidine groups is 1. The second kappa shape index (κ2) is 12.5. The van der Waals surface area contributed by atoms with Crippen LogP contribution in [-0.2, 0) is 10.2 Å². The summed E-state index contributed by atoms with van der Waals surface area (Å²) >= 11 is 0. The quantitative estimate of drug-likeness (QED) is 0.300. The smallest absolute Gasteiger partial charge is 0.191 e. The number of rotatable bonds is 7. The van der Waals surface area contributed by atoms with Crippen LogP contribution in [0.3, 0.4) is 0 Å². The molecule has 2 aromatic carbocycles. The van der Waals surface area contributed by atoms with Gasteiger partial charge in [0, 0.05) is 57.0 Å². The molecule has 2 N–H and O–H groups in total. The van der Waals surface area contributed by atoms with Gasteiger partial charge < -0.3 is 25.0 Å². The maximum atomic E-state index is 5.70. The number of hydrogen-bond donors (Lipinski definition) is 2. The number of aliphatic imine (C=N–C) groups is 1. The zero-order valence-electron chi connectivity index (χ0n) is 19.8. The Hall–Kier alpha value is -2.00. The van der Waals surface area contributed by atoms with Crippen LogP contribution in [0.25, 0.3) is 0 Å². The van der Waals surface area contributed by atoms with E-state index in [9.17, 15) is 0 Å². The van der Waals surface area contributed by atoms with E-state index in [1.165, 1.54) is 11.3 Å². The van der Waals surface area contributed by atoms with Crippen LogP contribution in [0.5, 0.6) is 5.75 Å². The zero-order valence-corrected chi connectivity index (χ0v) is 22.1. The maximum absolute atomic E-state index is 5.70. The van der Waals surface area contributed by atoms with Gasteiger partial charge in [0.1, 0.15) is 5.75 Å². The van der Waals surface area contributed by atoms with E-state index in [2.05, 4.69) is 75.1 Å². The fourth-order valence-electron chi connectivity index (χ4n) is 4.79. The van der Waals surface area contributed by atoms with Crippen molar-refractivity contribution < 1.29 is 9.47 Å². The normalized spacial score (nSPS) is 20.1. The molecule has 0 radical (unpaired) electrons. The van der Waals surface area contributed by atoms with Gasteiger partial charge in [-0.05, 0) is 56.0 Å². The first-order valence-corrected chi connectivity index (χ1v) is 11.8. The molecule has 4 rings (SSSR count). The van der Waals surface area contributed by atoms with Gasteiger partial charge in [-0.15, -0.1) is 24.0 Å². The Kier molecular flexibility index (Phi) is 9.67. The molecule has 0 aliphatic carbocycles. The highest BCUT2D eigenvalue weighted by molar-refractivity contribution is 14.0. The summed E-state index contributed by atoms with van der Waals surface area (Å²) in [4.78, 5) is 6.96. The average molecular weight is 565 g/mol. The van der Waals surface area contributed by atoms with Gasteiger partial charge >= 0.3 is 0 Å². The first-order valence-electron chi connectivity index (χ1n) is 11.8. The van der Waals surface area contributed by atoms with Gasteiger partial charge in [0.25, 0.3) is 0 Å². The molecule has 0 aromatic heterocycles. The van der Waals surface area contributed by atoms with Crippen molar-refractivity contribution in [2.75, 3.05) is 51.4 Å². The molecule has 1 atom stereocenters. The van der Waals surface area contributed by atoms with E-state index >= 15 is 0 Å². The van der Waals surface area contributed by atoms with Gasteiger partial charge in [-0.3, -0.25) is 4.99 Å². The van der Waals surface area contributed by atoms with Crippen LogP contribution in [0.15, 0.2) is 59.6 Å². The molecule has 6 nitrogen and oxygen atoms in total. The van der Waals surface area contributed by atoms with Crippen molar-refractivity contribution in [2.24, 2.45) is 4.99 Å². The van der Waals surface area contributed by atoms with Gasteiger partial charge in [0.05, 0.1) is 6.61 Å². The Morgan fingerprint density at radius 1 is 1.12 bits per heavy atom. The van der Waals surface area contributed by atoms with Crippen LogP contribution in [-0.4, -0.2) is 58.5 Å². The molecule has 2 heterocycles. The summed E-state index contributed by atoms with van der Waals surface area (Å²) in [6.45, 7) is 7.16. The number of para-hydroxylation sites is 1. The van der Waals surface area contributed by atoms with Gasteiger partial charge in [-0.1, -0.05) is 30.3 Å². The minimum atomic E-state index is 0. The zero-order chi connectivity index (χ0) is 22.2. The first kappa shape index (κ1) is 25.6. The second-order valence-electron chi connectivity index (χ2n) is 8.69. The SMILES string of the molecule is CCOc1ccc(C2(CNC(=NC)NC3CCN(c4ccccc4)C3)CCOCC2)cc1.I. The number of ether oxygens (including phenoxy) is 2. The third kappa shape index (κ3) is 6.53. The number of nitrogens with zero attached hydrogens (tertiary/aromatic N) is 2. The lowest BCUT2D eigenvalue weighted by Gasteiger charge is -2.38. The highest BCUT2D eigenvalue weighted by Gasteiger charge is 2.35. The summed E-state index contributed by atoms with van der Waals surface area (Å²) in [5, 5.41) is 7.28. The van der Waals surface area contributed by atoms with Crippen LogP contribution in [0.1, 0.15) is 31.7 Å². The molecule has 2 aromatic rings. The molecule has 33 heavy (non-hydrogen) atoms. The first-order chi connectivity index (χ1) is 15.7. The molecule has 7 heteroatoms. The van der Waals surface area contributed by atoms with E-state index in [4.69, 9.17) is 9.47 Å². The van der Waals surface area contributed by atoms with Crippen molar-refractivity contribution in [3.05, 3.63) is 60.2 Å². The summed E-state index contributed by atoms with van der Waals surface area (Å²) in [6.07, 6.45) is 3.10. The third-order valence-electron chi connectivity index (χ3n) is 6.70. The topological polar surface area (TPSA) is 58.1 Å². The number of nitrogens with one attached hydrogen (secondary N) is 2. The fraction of sp³-hybridized carbons (Fsp3) is 0.500. The molecular formula is C26H37IN4O2. The highest BCUT2D eigenvalue weighted by atomic mass is 127.